The zero-order valence-corrected chi connectivity index (χ0v) is 12.2. The first-order chi connectivity index (χ1) is 7.81. The third-order valence-corrected chi connectivity index (χ3v) is 3.59. The summed E-state index contributed by atoms with van der Waals surface area (Å²) in [5.41, 5.74) is -1.12. The summed E-state index contributed by atoms with van der Waals surface area (Å²) in [5.74, 6) is -1.15. The molecule has 0 N–H and O–H groups in total. The number of Topliss-reactive ketones (excluding diaryl/α,β-unsaturated/α-hetero) is 1. The van der Waals surface area contributed by atoms with Gasteiger partial charge in [-0.2, -0.15) is 0 Å². The molecule has 0 aliphatic heterocycles. The van der Waals surface area contributed by atoms with Crippen molar-refractivity contribution >= 4 is 33.3 Å². The van der Waals surface area contributed by atoms with Gasteiger partial charge < -0.3 is 4.74 Å². The van der Waals surface area contributed by atoms with E-state index in [9.17, 15) is 9.18 Å². The maximum absolute atomic E-state index is 13.8. The van der Waals surface area contributed by atoms with Crippen LogP contribution in [0.1, 0.15) is 31.1 Å². The molecule has 17 heavy (non-hydrogen) atoms. The number of benzene rings is 1. The number of hydrogen-bond donors (Lipinski definition) is 0. The van der Waals surface area contributed by atoms with Crippen LogP contribution >= 0.6 is 27.5 Å². The molecule has 0 amide bonds. The molecule has 0 saturated heterocycles. The Morgan fingerprint density at radius 2 is 2.12 bits per heavy atom. The highest BCUT2D eigenvalue weighted by atomic mass is 79.9. The minimum Gasteiger partial charge on any atom is -0.368 e. The van der Waals surface area contributed by atoms with Crippen molar-refractivity contribution in [2.24, 2.45) is 0 Å². The summed E-state index contributed by atoms with van der Waals surface area (Å²) in [6, 6.07) is 2.94. The molecule has 1 aromatic carbocycles. The van der Waals surface area contributed by atoms with E-state index in [0.717, 1.165) is 0 Å². The standard InChI is InChI=1S/C12H13BrClFO2/c1-4-17-12(2,3)11(16)7-5-6-8(13)9(14)10(7)15/h5-6H,4H2,1-3H3. The molecular weight excluding hydrogens is 310 g/mol. The first kappa shape index (κ1) is 14.6. The van der Waals surface area contributed by atoms with Crippen LogP contribution in [-0.4, -0.2) is 18.0 Å². The van der Waals surface area contributed by atoms with Crippen molar-refractivity contribution in [3.8, 4) is 0 Å². The topological polar surface area (TPSA) is 26.3 Å². The Hall–Kier alpha value is -0.450. The first-order valence-corrected chi connectivity index (χ1v) is 6.30. The van der Waals surface area contributed by atoms with E-state index in [0.29, 0.717) is 11.1 Å². The Kier molecular flexibility index (Phi) is 4.69. The SMILES string of the molecule is CCOC(C)(C)C(=O)c1ccc(Br)c(Cl)c1F. The quantitative estimate of drug-likeness (QED) is 0.612. The zero-order chi connectivity index (χ0) is 13.2. The molecule has 5 heteroatoms. The Labute approximate surface area is 113 Å². The van der Waals surface area contributed by atoms with Gasteiger partial charge in [0, 0.05) is 11.1 Å². The summed E-state index contributed by atoms with van der Waals surface area (Å²) >= 11 is 8.84. The van der Waals surface area contributed by atoms with Crippen molar-refractivity contribution < 1.29 is 13.9 Å². The number of carbonyl (C=O) groups is 1. The molecule has 0 spiro atoms. The Morgan fingerprint density at radius 1 is 1.53 bits per heavy atom. The minimum atomic E-state index is -1.06. The van der Waals surface area contributed by atoms with Crippen LogP contribution in [0.15, 0.2) is 16.6 Å². The fourth-order valence-electron chi connectivity index (χ4n) is 1.45. The van der Waals surface area contributed by atoms with Crippen molar-refractivity contribution in [3.05, 3.63) is 33.0 Å². The first-order valence-electron chi connectivity index (χ1n) is 5.13. The van der Waals surface area contributed by atoms with Crippen LogP contribution in [0.25, 0.3) is 0 Å². The summed E-state index contributed by atoms with van der Waals surface area (Å²) in [5, 5.41) is -0.0943. The lowest BCUT2D eigenvalue weighted by Crippen LogP contribution is -2.35. The summed E-state index contributed by atoms with van der Waals surface area (Å²) < 4.78 is 19.6. The molecule has 0 unspecified atom stereocenters. The van der Waals surface area contributed by atoms with E-state index < -0.39 is 17.2 Å². The molecular formula is C12H13BrClFO2. The van der Waals surface area contributed by atoms with E-state index in [2.05, 4.69) is 15.9 Å². The Balaban J connectivity index is 3.18. The fourth-order valence-corrected chi connectivity index (χ4v) is 1.92. The lowest BCUT2D eigenvalue weighted by molar-refractivity contribution is 0.000954. The molecule has 94 valence electrons. The van der Waals surface area contributed by atoms with Gasteiger partial charge in [0.1, 0.15) is 5.60 Å². The number of halogens is 3. The summed E-state index contributed by atoms with van der Waals surface area (Å²) in [4.78, 5) is 12.1. The molecule has 1 aromatic rings. The lowest BCUT2D eigenvalue weighted by Gasteiger charge is -2.23. The van der Waals surface area contributed by atoms with Gasteiger partial charge in [-0.05, 0) is 48.8 Å². The maximum atomic E-state index is 13.8. The zero-order valence-electron chi connectivity index (χ0n) is 9.81. The van der Waals surface area contributed by atoms with E-state index in [4.69, 9.17) is 16.3 Å². The van der Waals surface area contributed by atoms with Crippen molar-refractivity contribution in [2.75, 3.05) is 6.61 Å². The normalized spacial score (nSPS) is 11.6. The molecule has 0 heterocycles. The van der Waals surface area contributed by atoms with Gasteiger partial charge in [0.05, 0.1) is 10.6 Å². The maximum Gasteiger partial charge on any atom is 0.197 e. The lowest BCUT2D eigenvalue weighted by atomic mass is 9.96. The molecule has 0 atom stereocenters. The highest BCUT2D eigenvalue weighted by Crippen LogP contribution is 2.29. The van der Waals surface area contributed by atoms with Crippen molar-refractivity contribution in [2.45, 2.75) is 26.4 Å². The highest BCUT2D eigenvalue weighted by Gasteiger charge is 2.31. The third-order valence-electron chi connectivity index (χ3n) is 2.33. The summed E-state index contributed by atoms with van der Waals surface area (Å²) in [6.07, 6.45) is 0. The van der Waals surface area contributed by atoms with E-state index in [1.165, 1.54) is 6.07 Å². The Morgan fingerprint density at radius 3 is 2.65 bits per heavy atom. The van der Waals surface area contributed by atoms with Crippen LogP contribution in [0.5, 0.6) is 0 Å². The van der Waals surface area contributed by atoms with Crippen LogP contribution in [0.3, 0.4) is 0 Å². The summed E-state index contributed by atoms with van der Waals surface area (Å²) in [6.45, 7) is 5.37. The van der Waals surface area contributed by atoms with Crippen LogP contribution in [-0.2, 0) is 4.74 Å². The van der Waals surface area contributed by atoms with Gasteiger partial charge in [0.15, 0.2) is 11.6 Å². The second-order valence-electron chi connectivity index (χ2n) is 4.00. The molecule has 0 saturated carbocycles. The second-order valence-corrected chi connectivity index (χ2v) is 5.23. The van der Waals surface area contributed by atoms with Crippen LogP contribution < -0.4 is 0 Å². The van der Waals surface area contributed by atoms with Crippen LogP contribution in [0.4, 0.5) is 4.39 Å². The predicted octanol–water partition coefficient (Wildman–Crippen LogP) is 4.24. The van der Waals surface area contributed by atoms with Crippen LogP contribution in [0.2, 0.25) is 5.02 Å². The number of hydrogen-bond acceptors (Lipinski definition) is 2. The van der Waals surface area contributed by atoms with Gasteiger partial charge in [0.25, 0.3) is 0 Å². The predicted molar refractivity (Wildman–Crippen MR) is 69.1 cm³/mol. The summed E-state index contributed by atoms with van der Waals surface area (Å²) in [7, 11) is 0. The van der Waals surface area contributed by atoms with Crippen molar-refractivity contribution in [1.29, 1.82) is 0 Å². The molecule has 0 bridgehead atoms. The van der Waals surface area contributed by atoms with E-state index >= 15 is 0 Å². The van der Waals surface area contributed by atoms with Crippen molar-refractivity contribution in [1.82, 2.24) is 0 Å². The minimum absolute atomic E-state index is 0.0587. The van der Waals surface area contributed by atoms with E-state index in [-0.39, 0.29) is 10.6 Å². The van der Waals surface area contributed by atoms with E-state index in [1.807, 2.05) is 0 Å². The highest BCUT2D eigenvalue weighted by molar-refractivity contribution is 9.10. The number of ketones is 1. The van der Waals surface area contributed by atoms with E-state index in [1.54, 1.807) is 26.8 Å². The average Bonchev–Trinajstić information content (AvgIpc) is 2.25. The second kappa shape index (κ2) is 5.46. The van der Waals surface area contributed by atoms with Crippen LogP contribution in [0, 0.1) is 5.82 Å². The number of ether oxygens (including phenoxy) is 1. The molecule has 0 aliphatic rings. The number of carbonyl (C=O) groups excluding carboxylic acids is 1. The monoisotopic (exact) mass is 322 g/mol. The molecule has 2 nitrogen and oxygen atoms in total. The van der Waals surface area contributed by atoms with Gasteiger partial charge >= 0.3 is 0 Å². The Bertz CT molecular complexity index is 446. The molecule has 0 radical (unpaired) electrons. The largest absolute Gasteiger partial charge is 0.368 e. The smallest absolute Gasteiger partial charge is 0.197 e. The molecule has 0 fully saturated rings. The van der Waals surface area contributed by atoms with Gasteiger partial charge in [0.2, 0.25) is 0 Å². The third kappa shape index (κ3) is 3.06. The molecule has 1 rings (SSSR count). The van der Waals surface area contributed by atoms with Gasteiger partial charge in [-0.1, -0.05) is 11.6 Å². The van der Waals surface area contributed by atoms with Gasteiger partial charge in [-0.3, -0.25) is 4.79 Å². The van der Waals surface area contributed by atoms with Crippen molar-refractivity contribution in [3.63, 3.8) is 0 Å². The van der Waals surface area contributed by atoms with Gasteiger partial charge in [-0.15, -0.1) is 0 Å². The fraction of sp³-hybridized carbons (Fsp3) is 0.417. The molecule has 0 aliphatic carbocycles. The number of rotatable bonds is 4. The average molecular weight is 324 g/mol. The molecule has 0 aromatic heterocycles. The van der Waals surface area contributed by atoms with Gasteiger partial charge in [-0.25, -0.2) is 4.39 Å².